The molecule has 0 amide bonds. The second-order valence-corrected chi connectivity index (χ2v) is 4.85. The van der Waals surface area contributed by atoms with E-state index in [1.54, 1.807) is 7.11 Å². The molecular weight excluding hydrogens is 271 g/mol. The minimum atomic E-state index is -4.40. The third-order valence-corrected chi connectivity index (χ3v) is 3.08. The SMILES string of the molecule is COCCNCCC(C)(O)c1cccc(C(F)(F)F)c1. The van der Waals surface area contributed by atoms with Crippen LogP contribution < -0.4 is 5.32 Å². The Hall–Kier alpha value is -1.11. The lowest BCUT2D eigenvalue weighted by molar-refractivity contribution is -0.137. The van der Waals surface area contributed by atoms with Crippen molar-refractivity contribution in [1.82, 2.24) is 5.32 Å². The van der Waals surface area contributed by atoms with Crippen LogP contribution in [0.4, 0.5) is 13.2 Å². The molecule has 0 aromatic heterocycles. The molecular formula is C14H20F3NO2. The van der Waals surface area contributed by atoms with E-state index in [9.17, 15) is 18.3 Å². The number of hydrogen-bond acceptors (Lipinski definition) is 3. The Morgan fingerprint density at radius 1 is 1.20 bits per heavy atom. The highest BCUT2D eigenvalue weighted by atomic mass is 19.4. The van der Waals surface area contributed by atoms with Crippen molar-refractivity contribution < 1.29 is 23.0 Å². The normalized spacial score (nSPS) is 15.1. The van der Waals surface area contributed by atoms with Gasteiger partial charge in [-0.05, 0) is 37.6 Å². The molecule has 0 heterocycles. The lowest BCUT2D eigenvalue weighted by Crippen LogP contribution is -2.29. The number of aliphatic hydroxyl groups is 1. The standard InChI is InChI=1S/C14H20F3NO2/c1-13(19,6-7-18-8-9-20-2)11-4-3-5-12(10-11)14(15,16)17/h3-5,10,18-19H,6-9H2,1-2H3. The maximum absolute atomic E-state index is 12.6. The number of rotatable bonds is 7. The average molecular weight is 291 g/mol. The third kappa shape index (κ3) is 5.11. The van der Waals surface area contributed by atoms with Gasteiger partial charge in [-0.15, -0.1) is 0 Å². The van der Waals surface area contributed by atoms with Crippen molar-refractivity contribution in [2.45, 2.75) is 25.1 Å². The molecule has 20 heavy (non-hydrogen) atoms. The summed E-state index contributed by atoms with van der Waals surface area (Å²) in [6.07, 6.45) is -4.08. The number of hydrogen-bond donors (Lipinski definition) is 2. The highest BCUT2D eigenvalue weighted by Crippen LogP contribution is 2.32. The summed E-state index contributed by atoms with van der Waals surface area (Å²) in [5.74, 6) is 0. The van der Waals surface area contributed by atoms with E-state index in [-0.39, 0.29) is 5.56 Å². The first kappa shape index (κ1) is 16.9. The van der Waals surface area contributed by atoms with Crippen molar-refractivity contribution >= 4 is 0 Å². The van der Waals surface area contributed by atoms with E-state index in [0.29, 0.717) is 26.1 Å². The lowest BCUT2D eigenvalue weighted by atomic mass is 9.91. The zero-order valence-electron chi connectivity index (χ0n) is 11.6. The molecule has 0 fully saturated rings. The summed E-state index contributed by atoms with van der Waals surface area (Å²) in [5.41, 5.74) is -1.79. The third-order valence-electron chi connectivity index (χ3n) is 3.08. The van der Waals surface area contributed by atoms with Gasteiger partial charge in [-0.2, -0.15) is 13.2 Å². The minimum Gasteiger partial charge on any atom is -0.385 e. The van der Waals surface area contributed by atoms with Crippen LogP contribution in [0.5, 0.6) is 0 Å². The highest BCUT2D eigenvalue weighted by Gasteiger charge is 2.32. The Labute approximate surface area is 116 Å². The van der Waals surface area contributed by atoms with Crippen LogP contribution >= 0.6 is 0 Å². The summed E-state index contributed by atoms with van der Waals surface area (Å²) in [7, 11) is 1.58. The maximum atomic E-state index is 12.6. The predicted molar refractivity (Wildman–Crippen MR) is 70.4 cm³/mol. The molecule has 1 atom stereocenters. The molecule has 0 aliphatic carbocycles. The van der Waals surface area contributed by atoms with E-state index in [4.69, 9.17) is 4.74 Å². The van der Waals surface area contributed by atoms with Crippen molar-refractivity contribution in [2.24, 2.45) is 0 Å². The predicted octanol–water partition coefficient (Wildman–Crippen LogP) is 2.54. The summed E-state index contributed by atoms with van der Waals surface area (Å²) < 4.78 is 42.8. The van der Waals surface area contributed by atoms with Crippen LogP contribution in [0, 0.1) is 0 Å². The van der Waals surface area contributed by atoms with E-state index in [1.165, 1.54) is 19.1 Å². The minimum absolute atomic E-state index is 0.265. The second-order valence-electron chi connectivity index (χ2n) is 4.85. The quantitative estimate of drug-likeness (QED) is 0.759. The molecule has 0 saturated carbocycles. The second kappa shape index (κ2) is 7.06. The van der Waals surface area contributed by atoms with E-state index < -0.39 is 17.3 Å². The van der Waals surface area contributed by atoms with Crippen molar-refractivity contribution in [3.8, 4) is 0 Å². The topological polar surface area (TPSA) is 41.5 Å². The first-order valence-corrected chi connectivity index (χ1v) is 6.37. The Bertz CT molecular complexity index is 419. The van der Waals surface area contributed by atoms with Crippen LogP contribution in [0.2, 0.25) is 0 Å². The largest absolute Gasteiger partial charge is 0.416 e. The van der Waals surface area contributed by atoms with Gasteiger partial charge in [-0.1, -0.05) is 12.1 Å². The van der Waals surface area contributed by atoms with E-state index in [2.05, 4.69) is 5.32 Å². The first-order chi connectivity index (χ1) is 9.27. The van der Waals surface area contributed by atoms with Gasteiger partial charge < -0.3 is 15.2 Å². The van der Waals surface area contributed by atoms with Crippen LogP contribution in [-0.4, -0.2) is 31.9 Å². The maximum Gasteiger partial charge on any atom is 0.416 e. The fourth-order valence-electron chi connectivity index (χ4n) is 1.81. The van der Waals surface area contributed by atoms with Gasteiger partial charge >= 0.3 is 6.18 Å². The fourth-order valence-corrected chi connectivity index (χ4v) is 1.81. The van der Waals surface area contributed by atoms with Gasteiger partial charge in [0.2, 0.25) is 0 Å². The Morgan fingerprint density at radius 3 is 2.45 bits per heavy atom. The van der Waals surface area contributed by atoms with Crippen molar-refractivity contribution in [3.05, 3.63) is 35.4 Å². The molecule has 1 aromatic rings. The monoisotopic (exact) mass is 291 g/mol. The van der Waals surface area contributed by atoms with E-state index in [0.717, 1.165) is 12.1 Å². The van der Waals surface area contributed by atoms with Crippen LogP contribution in [0.25, 0.3) is 0 Å². The summed E-state index contributed by atoms with van der Waals surface area (Å²) in [6.45, 7) is 3.19. The number of benzene rings is 1. The molecule has 2 N–H and O–H groups in total. The summed E-state index contributed by atoms with van der Waals surface area (Å²) in [5, 5.41) is 13.3. The van der Waals surface area contributed by atoms with Crippen molar-refractivity contribution in [2.75, 3.05) is 26.8 Å². The van der Waals surface area contributed by atoms with Gasteiger partial charge in [0.15, 0.2) is 0 Å². The number of methoxy groups -OCH3 is 1. The molecule has 0 aliphatic rings. The van der Waals surface area contributed by atoms with E-state index >= 15 is 0 Å². The molecule has 0 aliphatic heterocycles. The molecule has 3 nitrogen and oxygen atoms in total. The summed E-state index contributed by atoms with van der Waals surface area (Å²) in [6, 6.07) is 4.81. The molecule has 1 rings (SSSR count). The van der Waals surface area contributed by atoms with Gasteiger partial charge in [-0.3, -0.25) is 0 Å². The number of halogens is 3. The molecule has 0 saturated heterocycles. The zero-order chi connectivity index (χ0) is 15.2. The molecule has 0 bridgehead atoms. The van der Waals surface area contributed by atoms with Crippen LogP contribution in [0.15, 0.2) is 24.3 Å². The fraction of sp³-hybridized carbons (Fsp3) is 0.571. The number of ether oxygens (including phenoxy) is 1. The first-order valence-electron chi connectivity index (χ1n) is 6.37. The Balaban J connectivity index is 2.67. The molecule has 0 spiro atoms. The molecule has 114 valence electrons. The Kier molecular flexibility index (Phi) is 5.98. The molecule has 1 aromatic carbocycles. The van der Waals surface area contributed by atoms with Crippen LogP contribution in [0.1, 0.15) is 24.5 Å². The molecule has 1 unspecified atom stereocenters. The zero-order valence-corrected chi connectivity index (χ0v) is 11.6. The lowest BCUT2D eigenvalue weighted by Gasteiger charge is -2.25. The average Bonchev–Trinajstić information content (AvgIpc) is 2.37. The summed E-state index contributed by atoms with van der Waals surface area (Å²) in [4.78, 5) is 0. The highest BCUT2D eigenvalue weighted by molar-refractivity contribution is 5.29. The Morgan fingerprint density at radius 2 is 1.85 bits per heavy atom. The smallest absolute Gasteiger partial charge is 0.385 e. The van der Waals surface area contributed by atoms with E-state index in [1.807, 2.05) is 0 Å². The van der Waals surface area contributed by atoms with Crippen LogP contribution in [-0.2, 0) is 16.5 Å². The van der Waals surface area contributed by atoms with Gasteiger partial charge in [0.1, 0.15) is 0 Å². The molecule has 0 radical (unpaired) electrons. The van der Waals surface area contributed by atoms with Gasteiger partial charge in [0, 0.05) is 13.7 Å². The van der Waals surface area contributed by atoms with Gasteiger partial charge in [0.25, 0.3) is 0 Å². The van der Waals surface area contributed by atoms with Gasteiger partial charge in [0.05, 0.1) is 17.8 Å². The summed E-state index contributed by atoms with van der Waals surface area (Å²) >= 11 is 0. The van der Waals surface area contributed by atoms with Gasteiger partial charge in [-0.25, -0.2) is 0 Å². The van der Waals surface area contributed by atoms with Crippen molar-refractivity contribution in [1.29, 1.82) is 0 Å². The molecule has 6 heteroatoms. The number of nitrogens with one attached hydrogen (secondary N) is 1. The number of alkyl halides is 3. The van der Waals surface area contributed by atoms with Crippen LogP contribution in [0.3, 0.4) is 0 Å². The van der Waals surface area contributed by atoms with Crippen molar-refractivity contribution in [3.63, 3.8) is 0 Å².